The van der Waals surface area contributed by atoms with Crippen molar-refractivity contribution in [3.8, 4) is 0 Å². The van der Waals surface area contributed by atoms with Crippen LogP contribution in [0.15, 0.2) is 0 Å². The number of aliphatic carboxylic acids is 1. The lowest BCUT2D eigenvalue weighted by Gasteiger charge is -2.29. The molecule has 116 valence electrons. The molecule has 2 N–H and O–H groups in total. The number of amides is 1. The molecule has 4 heteroatoms. The maximum absolute atomic E-state index is 12.1. The van der Waals surface area contributed by atoms with Crippen molar-refractivity contribution in [2.75, 3.05) is 6.54 Å². The van der Waals surface area contributed by atoms with Gasteiger partial charge in [0.05, 0.1) is 5.92 Å². The smallest absolute Gasteiger partial charge is 0.306 e. The van der Waals surface area contributed by atoms with Crippen LogP contribution in [0.25, 0.3) is 0 Å². The van der Waals surface area contributed by atoms with Gasteiger partial charge in [-0.2, -0.15) is 0 Å². The Morgan fingerprint density at radius 3 is 2.10 bits per heavy atom. The van der Waals surface area contributed by atoms with E-state index in [-0.39, 0.29) is 23.2 Å². The number of rotatable bonds is 6. The van der Waals surface area contributed by atoms with Crippen molar-refractivity contribution in [3.63, 3.8) is 0 Å². The molecule has 0 radical (unpaired) electrons. The summed E-state index contributed by atoms with van der Waals surface area (Å²) in [5.41, 5.74) is 0.113. The van der Waals surface area contributed by atoms with Crippen LogP contribution in [0.4, 0.5) is 0 Å². The third kappa shape index (κ3) is 5.51. The third-order valence-corrected chi connectivity index (χ3v) is 4.15. The SMILES string of the molecule is CC(C)CC(C)(C)CNC(=O)C1CCC(C(=O)O)CC1. The fourth-order valence-corrected chi connectivity index (χ4v) is 3.25. The summed E-state index contributed by atoms with van der Waals surface area (Å²) in [6.45, 7) is 9.43. The van der Waals surface area contributed by atoms with Crippen molar-refractivity contribution in [3.05, 3.63) is 0 Å². The fraction of sp³-hybridized carbons (Fsp3) is 0.875. The van der Waals surface area contributed by atoms with Crippen molar-refractivity contribution in [1.82, 2.24) is 5.32 Å². The van der Waals surface area contributed by atoms with E-state index < -0.39 is 5.97 Å². The van der Waals surface area contributed by atoms with Gasteiger partial charge < -0.3 is 10.4 Å². The Kier molecular flexibility index (Phi) is 6.03. The summed E-state index contributed by atoms with van der Waals surface area (Å²) in [6.07, 6.45) is 3.74. The van der Waals surface area contributed by atoms with E-state index in [2.05, 4.69) is 33.0 Å². The Morgan fingerprint density at radius 2 is 1.65 bits per heavy atom. The van der Waals surface area contributed by atoms with Crippen LogP contribution in [0.2, 0.25) is 0 Å². The minimum atomic E-state index is -0.720. The lowest BCUT2D eigenvalue weighted by Crippen LogP contribution is -2.39. The highest BCUT2D eigenvalue weighted by Gasteiger charge is 2.30. The lowest BCUT2D eigenvalue weighted by atomic mass is 9.81. The predicted octanol–water partition coefficient (Wildman–Crippen LogP) is 3.07. The van der Waals surface area contributed by atoms with Gasteiger partial charge in [-0.05, 0) is 43.4 Å². The summed E-state index contributed by atoms with van der Waals surface area (Å²) >= 11 is 0. The average Bonchev–Trinajstić information content (AvgIpc) is 2.34. The number of hydrogen-bond donors (Lipinski definition) is 2. The molecule has 0 aromatic carbocycles. The summed E-state index contributed by atoms with van der Waals surface area (Å²) in [6, 6.07) is 0. The van der Waals surface area contributed by atoms with Crippen LogP contribution in [0.5, 0.6) is 0 Å². The van der Waals surface area contributed by atoms with Crippen LogP contribution in [0.1, 0.15) is 59.8 Å². The molecule has 0 atom stereocenters. The van der Waals surface area contributed by atoms with Crippen LogP contribution in [-0.4, -0.2) is 23.5 Å². The van der Waals surface area contributed by atoms with Crippen LogP contribution in [0.3, 0.4) is 0 Å². The molecule has 0 aliphatic heterocycles. The number of carboxylic acid groups (broad SMARTS) is 1. The molecule has 1 aliphatic carbocycles. The normalized spacial score (nSPS) is 23.6. The van der Waals surface area contributed by atoms with E-state index in [0.29, 0.717) is 38.1 Å². The number of carboxylic acids is 1. The minimum Gasteiger partial charge on any atom is -0.481 e. The average molecular weight is 283 g/mol. The molecule has 0 aromatic rings. The highest BCUT2D eigenvalue weighted by molar-refractivity contribution is 5.79. The quantitative estimate of drug-likeness (QED) is 0.787. The van der Waals surface area contributed by atoms with Gasteiger partial charge in [0.15, 0.2) is 0 Å². The van der Waals surface area contributed by atoms with Crippen LogP contribution < -0.4 is 5.32 Å². The van der Waals surface area contributed by atoms with Crippen molar-refractivity contribution in [1.29, 1.82) is 0 Å². The van der Waals surface area contributed by atoms with E-state index in [0.717, 1.165) is 6.42 Å². The molecule has 20 heavy (non-hydrogen) atoms. The molecular weight excluding hydrogens is 254 g/mol. The molecule has 0 spiro atoms. The van der Waals surface area contributed by atoms with Crippen LogP contribution >= 0.6 is 0 Å². The predicted molar refractivity (Wildman–Crippen MR) is 79.3 cm³/mol. The van der Waals surface area contributed by atoms with Crippen molar-refractivity contribution >= 4 is 11.9 Å². The molecule has 1 aliphatic rings. The molecule has 4 nitrogen and oxygen atoms in total. The molecule has 0 heterocycles. The Bertz CT molecular complexity index is 342. The molecule has 0 unspecified atom stereocenters. The zero-order chi connectivity index (χ0) is 15.3. The van der Waals surface area contributed by atoms with E-state index in [1.165, 1.54) is 0 Å². The second-order valence-electron chi connectivity index (χ2n) is 7.37. The topological polar surface area (TPSA) is 66.4 Å². The first-order valence-corrected chi connectivity index (χ1v) is 7.72. The van der Waals surface area contributed by atoms with Gasteiger partial charge in [-0.15, -0.1) is 0 Å². The molecule has 0 saturated heterocycles. The molecule has 1 rings (SSSR count). The standard InChI is InChI=1S/C16H29NO3/c1-11(2)9-16(3,4)10-17-14(18)12-5-7-13(8-6-12)15(19)20/h11-13H,5-10H2,1-4H3,(H,17,18)(H,19,20). The van der Waals surface area contributed by atoms with Gasteiger partial charge in [0, 0.05) is 12.5 Å². The van der Waals surface area contributed by atoms with Gasteiger partial charge in [-0.25, -0.2) is 0 Å². The number of carbonyl (C=O) groups excluding carboxylic acids is 1. The first kappa shape index (κ1) is 17.0. The van der Waals surface area contributed by atoms with Gasteiger partial charge in [0.1, 0.15) is 0 Å². The second-order valence-corrected chi connectivity index (χ2v) is 7.37. The maximum Gasteiger partial charge on any atom is 0.306 e. The zero-order valence-electron chi connectivity index (χ0n) is 13.2. The van der Waals surface area contributed by atoms with Crippen LogP contribution in [0, 0.1) is 23.2 Å². The number of nitrogens with one attached hydrogen (secondary N) is 1. The Balaban J connectivity index is 2.35. The van der Waals surface area contributed by atoms with Gasteiger partial charge >= 0.3 is 5.97 Å². The summed E-state index contributed by atoms with van der Waals surface area (Å²) < 4.78 is 0. The Labute approximate surface area is 122 Å². The number of carbonyl (C=O) groups is 2. The Morgan fingerprint density at radius 1 is 1.15 bits per heavy atom. The first-order valence-electron chi connectivity index (χ1n) is 7.72. The van der Waals surface area contributed by atoms with E-state index in [1.807, 2.05) is 0 Å². The number of hydrogen-bond acceptors (Lipinski definition) is 2. The van der Waals surface area contributed by atoms with Gasteiger partial charge in [-0.3, -0.25) is 9.59 Å². The first-order chi connectivity index (χ1) is 9.21. The second kappa shape index (κ2) is 7.09. The minimum absolute atomic E-state index is 0.000417. The maximum atomic E-state index is 12.1. The Hall–Kier alpha value is -1.06. The highest BCUT2D eigenvalue weighted by atomic mass is 16.4. The molecule has 1 saturated carbocycles. The van der Waals surface area contributed by atoms with Crippen molar-refractivity contribution in [2.45, 2.75) is 59.8 Å². The van der Waals surface area contributed by atoms with Crippen molar-refractivity contribution < 1.29 is 14.7 Å². The largest absolute Gasteiger partial charge is 0.481 e. The van der Waals surface area contributed by atoms with E-state index in [1.54, 1.807) is 0 Å². The summed E-state index contributed by atoms with van der Waals surface area (Å²) in [7, 11) is 0. The van der Waals surface area contributed by atoms with E-state index in [4.69, 9.17) is 5.11 Å². The fourth-order valence-electron chi connectivity index (χ4n) is 3.25. The lowest BCUT2D eigenvalue weighted by molar-refractivity contribution is -0.144. The van der Waals surface area contributed by atoms with Gasteiger partial charge in [-0.1, -0.05) is 27.7 Å². The molecule has 0 aromatic heterocycles. The molecule has 1 fully saturated rings. The van der Waals surface area contributed by atoms with E-state index >= 15 is 0 Å². The van der Waals surface area contributed by atoms with E-state index in [9.17, 15) is 9.59 Å². The summed E-state index contributed by atoms with van der Waals surface area (Å²) in [5, 5.41) is 12.0. The van der Waals surface area contributed by atoms with Gasteiger partial charge in [0.2, 0.25) is 5.91 Å². The molecule has 1 amide bonds. The highest BCUT2D eigenvalue weighted by Crippen LogP contribution is 2.29. The van der Waals surface area contributed by atoms with Gasteiger partial charge in [0.25, 0.3) is 0 Å². The third-order valence-electron chi connectivity index (χ3n) is 4.15. The monoisotopic (exact) mass is 283 g/mol. The van der Waals surface area contributed by atoms with Crippen LogP contribution in [-0.2, 0) is 9.59 Å². The summed E-state index contributed by atoms with van der Waals surface area (Å²) in [4.78, 5) is 23.0. The van der Waals surface area contributed by atoms with Crippen molar-refractivity contribution in [2.24, 2.45) is 23.2 Å². The molecule has 0 bridgehead atoms. The summed E-state index contributed by atoms with van der Waals surface area (Å²) in [5.74, 6) is -0.252. The molecular formula is C16H29NO3. The zero-order valence-corrected chi connectivity index (χ0v) is 13.2.